The lowest BCUT2D eigenvalue weighted by molar-refractivity contribution is 0.103. The van der Waals surface area contributed by atoms with Crippen molar-refractivity contribution in [2.24, 2.45) is 0 Å². The second-order valence-corrected chi connectivity index (χ2v) is 8.68. The van der Waals surface area contributed by atoms with Gasteiger partial charge in [0.05, 0.1) is 23.8 Å². The van der Waals surface area contributed by atoms with Crippen LogP contribution in [0.25, 0.3) is 21.9 Å². The van der Waals surface area contributed by atoms with Crippen LogP contribution >= 0.6 is 12.4 Å². The van der Waals surface area contributed by atoms with Gasteiger partial charge in [-0.1, -0.05) is 24.1 Å². The smallest absolute Gasteiger partial charge is 0.328 e. The minimum atomic E-state index is -0.513. The number of halogens is 2. The van der Waals surface area contributed by atoms with Crippen LogP contribution in [0.15, 0.2) is 61.1 Å². The summed E-state index contributed by atoms with van der Waals surface area (Å²) in [6.45, 7) is 2.11. The van der Waals surface area contributed by atoms with E-state index in [0.717, 1.165) is 16.9 Å². The van der Waals surface area contributed by atoms with Crippen molar-refractivity contribution >= 4 is 46.2 Å². The topological polar surface area (TPSA) is 73.0 Å². The maximum Gasteiger partial charge on any atom is 0.328 e. The maximum absolute atomic E-state index is 15.3. The number of benzene rings is 2. The number of nitrogens with zero attached hydrogens (tertiary/aromatic N) is 5. The van der Waals surface area contributed by atoms with Crippen LogP contribution in [0.5, 0.6) is 0 Å². The Morgan fingerprint density at radius 3 is 2.62 bits per heavy atom. The van der Waals surface area contributed by atoms with E-state index >= 15 is 4.39 Å². The van der Waals surface area contributed by atoms with Gasteiger partial charge in [0.2, 0.25) is 0 Å². The van der Waals surface area contributed by atoms with E-state index in [-0.39, 0.29) is 36.1 Å². The molecule has 0 saturated heterocycles. The predicted octanol–water partition coefficient (Wildman–Crippen LogP) is 5.05. The van der Waals surface area contributed by atoms with Crippen molar-refractivity contribution in [1.29, 1.82) is 0 Å². The minimum Gasteiger partial charge on any atom is -0.330 e. The molecule has 0 bridgehead atoms. The summed E-state index contributed by atoms with van der Waals surface area (Å²) in [4.78, 5) is 36.3. The van der Waals surface area contributed by atoms with E-state index in [1.165, 1.54) is 21.7 Å². The molecule has 186 valence electrons. The van der Waals surface area contributed by atoms with Gasteiger partial charge in [0.1, 0.15) is 17.2 Å². The first kappa shape index (κ1) is 25.6. The predicted molar refractivity (Wildman–Crippen MR) is 143 cm³/mol. The molecule has 37 heavy (non-hydrogen) atoms. The average Bonchev–Trinajstić information content (AvgIpc) is 3.41. The van der Waals surface area contributed by atoms with Gasteiger partial charge in [-0.3, -0.25) is 14.3 Å². The second kappa shape index (κ2) is 9.88. The normalized spacial score (nSPS) is 10.8. The van der Waals surface area contributed by atoms with Crippen LogP contribution in [0.3, 0.4) is 0 Å². The molecule has 0 aliphatic carbocycles. The van der Waals surface area contributed by atoms with Gasteiger partial charge in [0, 0.05) is 54.1 Å². The van der Waals surface area contributed by atoms with Gasteiger partial charge in [0.15, 0.2) is 5.78 Å². The molecule has 0 unspecified atom stereocenters. The number of aromatic nitrogens is 4. The number of hydrogen-bond donors (Lipinski definition) is 0. The highest BCUT2D eigenvalue weighted by molar-refractivity contribution is 6.18. The molecule has 3 aromatic heterocycles. The van der Waals surface area contributed by atoms with Gasteiger partial charge in [-0.2, -0.15) is 0 Å². The van der Waals surface area contributed by atoms with E-state index in [2.05, 4.69) is 15.9 Å². The molecule has 5 aromatic rings. The highest BCUT2D eigenvalue weighted by atomic mass is 35.5. The molecule has 0 atom stereocenters. The molecule has 0 radical (unpaired) electrons. The molecule has 3 heterocycles. The van der Waals surface area contributed by atoms with Crippen molar-refractivity contribution in [3.8, 4) is 12.3 Å². The van der Waals surface area contributed by atoms with E-state index in [9.17, 15) is 9.59 Å². The quantitative estimate of drug-likeness (QED) is 0.248. The molecule has 7 nitrogen and oxygen atoms in total. The third-order valence-electron chi connectivity index (χ3n) is 6.20. The van der Waals surface area contributed by atoms with Gasteiger partial charge < -0.3 is 9.47 Å². The molecule has 9 heteroatoms. The van der Waals surface area contributed by atoms with Crippen LogP contribution in [-0.4, -0.2) is 49.9 Å². The number of pyridine rings is 1. The lowest BCUT2D eigenvalue weighted by Gasteiger charge is -2.11. The zero-order chi connectivity index (χ0) is 25.6. The molecule has 2 aromatic carbocycles. The van der Waals surface area contributed by atoms with Crippen molar-refractivity contribution in [3.63, 3.8) is 0 Å². The standard InChI is InChI=1S/C28H22FN5O2.ClH/c1-5-18-7-6-8-25-26(18)21(16-34(25)28(36)32(3)4)27(35)19-9-10-20(22(29)13-19)15-33-17(2)31-23-14-30-12-11-24(23)33;/h1,6-14,16H,15H2,2-4H3;1H. The Bertz CT molecular complexity index is 1730. The lowest BCUT2D eigenvalue weighted by Crippen LogP contribution is -2.26. The van der Waals surface area contributed by atoms with Crippen molar-refractivity contribution in [1.82, 2.24) is 24.0 Å². The summed E-state index contributed by atoms with van der Waals surface area (Å²) in [7, 11) is 3.24. The van der Waals surface area contributed by atoms with Crippen LogP contribution in [0.2, 0.25) is 0 Å². The first-order valence-corrected chi connectivity index (χ1v) is 11.2. The Labute approximate surface area is 219 Å². The molecule has 1 amide bonds. The number of carbonyl (C=O) groups is 2. The van der Waals surface area contributed by atoms with E-state index < -0.39 is 11.6 Å². The Morgan fingerprint density at radius 1 is 1.14 bits per heavy atom. The molecular formula is C28H23ClFN5O2. The fourth-order valence-corrected chi connectivity index (χ4v) is 4.40. The summed E-state index contributed by atoms with van der Waals surface area (Å²) >= 11 is 0. The number of aryl methyl sites for hydroxylation is 1. The number of imidazole rings is 1. The Hall–Kier alpha value is -4.48. The van der Waals surface area contributed by atoms with Gasteiger partial charge in [-0.15, -0.1) is 18.8 Å². The number of amides is 1. The lowest BCUT2D eigenvalue weighted by atomic mass is 9.98. The van der Waals surface area contributed by atoms with Crippen LogP contribution in [-0.2, 0) is 6.54 Å². The Kier molecular flexibility index (Phi) is 6.84. The molecule has 5 rings (SSSR count). The van der Waals surface area contributed by atoms with E-state index in [1.807, 2.05) is 17.6 Å². The summed E-state index contributed by atoms with van der Waals surface area (Å²) in [5.41, 5.74) is 3.40. The molecule has 0 fully saturated rings. The Morgan fingerprint density at radius 2 is 1.92 bits per heavy atom. The molecule has 0 spiro atoms. The third kappa shape index (κ3) is 4.34. The highest BCUT2D eigenvalue weighted by Crippen LogP contribution is 2.28. The van der Waals surface area contributed by atoms with Crippen molar-refractivity contribution in [2.75, 3.05) is 14.1 Å². The highest BCUT2D eigenvalue weighted by Gasteiger charge is 2.23. The van der Waals surface area contributed by atoms with Gasteiger partial charge in [0.25, 0.3) is 0 Å². The number of carbonyl (C=O) groups excluding carboxylic acids is 2. The largest absolute Gasteiger partial charge is 0.330 e. The zero-order valence-corrected chi connectivity index (χ0v) is 21.2. The van der Waals surface area contributed by atoms with Gasteiger partial charge >= 0.3 is 6.03 Å². The monoisotopic (exact) mass is 515 g/mol. The van der Waals surface area contributed by atoms with Crippen LogP contribution in [0, 0.1) is 25.1 Å². The number of fused-ring (bicyclic) bond motifs is 2. The van der Waals surface area contributed by atoms with E-state index in [0.29, 0.717) is 22.0 Å². The fraction of sp³-hybridized carbons (Fsp3) is 0.143. The number of rotatable bonds is 4. The molecular weight excluding hydrogens is 493 g/mol. The average molecular weight is 516 g/mol. The maximum atomic E-state index is 15.3. The summed E-state index contributed by atoms with van der Waals surface area (Å²) in [6.07, 6.45) is 10.5. The number of ketones is 1. The first-order chi connectivity index (χ1) is 17.3. The minimum absolute atomic E-state index is 0. The first-order valence-electron chi connectivity index (χ1n) is 11.2. The molecule has 0 N–H and O–H groups in total. The molecule has 0 aliphatic rings. The summed E-state index contributed by atoms with van der Waals surface area (Å²) < 4.78 is 18.5. The number of terminal acetylenes is 1. The van der Waals surface area contributed by atoms with E-state index in [4.69, 9.17) is 6.42 Å². The second-order valence-electron chi connectivity index (χ2n) is 8.68. The fourth-order valence-electron chi connectivity index (χ4n) is 4.40. The zero-order valence-electron chi connectivity index (χ0n) is 20.4. The Balaban J connectivity index is 0.00000320. The van der Waals surface area contributed by atoms with Crippen molar-refractivity contribution in [3.05, 3.63) is 95.0 Å². The van der Waals surface area contributed by atoms with Gasteiger partial charge in [-0.05, 0) is 31.2 Å². The summed E-state index contributed by atoms with van der Waals surface area (Å²) in [6, 6.07) is 11.1. The van der Waals surface area contributed by atoms with Crippen LogP contribution in [0.1, 0.15) is 32.9 Å². The molecule has 0 saturated carbocycles. The summed E-state index contributed by atoms with van der Waals surface area (Å²) in [5.74, 6) is 2.38. The SMILES string of the molecule is C#Cc1cccc2c1c(C(=O)c1ccc(Cn3c(C)nc4cnccc43)c(F)c1)cn2C(=O)N(C)C.Cl. The molecule has 0 aliphatic heterocycles. The van der Waals surface area contributed by atoms with E-state index in [1.54, 1.807) is 56.8 Å². The van der Waals surface area contributed by atoms with Crippen LogP contribution in [0.4, 0.5) is 9.18 Å². The number of hydrogen-bond acceptors (Lipinski definition) is 4. The van der Waals surface area contributed by atoms with Crippen molar-refractivity contribution in [2.45, 2.75) is 13.5 Å². The third-order valence-corrected chi connectivity index (χ3v) is 6.20. The van der Waals surface area contributed by atoms with Gasteiger partial charge in [-0.25, -0.2) is 14.2 Å². The van der Waals surface area contributed by atoms with Crippen molar-refractivity contribution < 1.29 is 14.0 Å². The van der Waals surface area contributed by atoms with Crippen LogP contribution < -0.4 is 0 Å². The summed E-state index contributed by atoms with van der Waals surface area (Å²) in [5, 5.41) is 0.485.